The standard InChI is InChI=1S/2C20H18N.2C17H12N.3C11H8N.4Ir/c1-14-9-15(2)11-18(10-14)20-12-16(3)19(13-21-20)17-7-5-4-6-8-17;1-15(2)17-11-12-21-20(14-17)19-10-6-9-18(13-19)16-7-4-3-5-8-16;1-2-7-14(8-3-1)15-9-6-10-16(13-15)17-11-4-5-12-18-17;1-2-6-14(7-3-1)15-9-11-16(12-10-15)17-8-4-5-13-18-17;3*1-2-6-10(7-3-1)11-8-4-5-9-12-11;;;;/h4-10,12-13H,1-3H3;3-9,11-15H,1-2H3;1-9,11-13H;1-11,13H;3*1-6,8-9H;;;;/q7*-1;;;;. The summed E-state index contributed by atoms with van der Waals surface area (Å²) >= 11 is 0. The Kier molecular flexibility index (Phi) is 38.7. The molecule has 0 amide bonds. The van der Waals surface area contributed by atoms with E-state index in [0.29, 0.717) is 5.92 Å². The van der Waals surface area contributed by atoms with Crippen LogP contribution in [0.1, 0.15) is 42.0 Å². The van der Waals surface area contributed by atoms with Gasteiger partial charge in [0.05, 0.1) is 0 Å². The van der Waals surface area contributed by atoms with Crippen molar-refractivity contribution in [2.75, 3.05) is 0 Å². The molecule has 18 aromatic rings. The first kappa shape index (κ1) is 91.6. The molecule has 0 saturated carbocycles. The van der Waals surface area contributed by atoms with E-state index < -0.39 is 0 Å². The average Bonchev–Trinajstić information content (AvgIpc) is 0.740. The van der Waals surface area contributed by atoms with Gasteiger partial charge in [0, 0.05) is 129 Å². The number of hydrogen-bond acceptors (Lipinski definition) is 7. The fourth-order valence-corrected chi connectivity index (χ4v) is 12.1. The summed E-state index contributed by atoms with van der Waals surface area (Å²) in [5.74, 6) is 0.504. The van der Waals surface area contributed by atoms with Gasteiger partial charge in [0.1, 0.15) is 0 Å². The first-order chi connectivity index (χ1) is 56.1. The molecule has 0 saturated heterocycles. The van der Waals surface area contributed by atoms with Crippen molar-refractivity contribution >= 4 is 0 Å². The summed E-state index contributed by atoms with van der Waals surface area (Å²) in [6.45, 7) is 10.7. The van der Waals surface area contributed by atoms with Crippen LogP contribution >= 0.6 is 0 Å². The van der Waals surface area contributed by atoms with Crippen LogP contribution < -0.4 is 0 Å². The molecule has 0 aliphatic carbocycles. The van der Waals surface area contributed by atoms with E-state index in [0.717, 1.165) is 84.4 Å². The predicted molar refractivity (Wildman–Crippen MR) is 470 cm³/mol. The smallest absolute Gasteiger partial charge is 0.0242 e. The van der Waals surface area contributed by atoms with Crippen molar-refractivity contribution in [1.82, 2.24) is 34.9 Å². The third-order valence-electron chi connectivity index (χ3n) is 17.9. The number of hydrogen-bond donors (Lipinski definition) is 0. The number of pyridine rings is 7. The molecule has 0 fully saturated rings. The van der Waals surface area contributed by atoms with Gasteiger partial charge in [-0.1, -0.05) is 239 Å². The predicted octanol–water partition coefficient (Wildman–Crippen LogP) is 26.5. The molecule has 590 valence electrons. The zero-order valence-electron chi connectivity index (χ0n) is 65.8. The van der Waals surface area contributed by atoms with Crippen LogP contribution in [0.4, 0.5) is 0 Å². The van der Waals surface area contributed by atoms with Crippen molar-refractivity contribution in [3.05, 3.63) is 478 Å². The van der Waals surface area contributed by atoms with Crippen molar-refractivity contribution in [3.63, 3.8) is 0 Å². The fourth-order valence-electron chi connectivity index (χ4n) is 12.1. The summed E-state index contributed by atoms with van der Waals surface area (Å²) in [6, 6.07) is 146. The number of nitrogens with zero attached hydrogens (tertiary/aromatic N) is 7. The number of benzene rings is 11. The molecule has 11 heteroatoms. The Labute approximate surface area is 750 Å². The Hall–Kier alpha value is -11.9. The van der Waals surface area contributed by atoms with Gasteiger partial charge >= 0.3 is 0 Å². The largest absolute Gasteiger partial charge is 0.305 e. The summed E-state index contributed by atoms with van der Waals surface area (Å²) < 4.78 is 0. The molecule has 0 aliphatic rings. The average molecular weight is 2240 g/mol. The molecule has 0 N–H and O–H groups in total. The maximum absolute atomic E-state index is 4.64. The van der Waals surface area contributed by atoms with Gasteiger partial charge in [-0.15, -0.1) is 243 Å². The molecule has 7 aromatic heterocycles. The summed E-state index contributed by atoms with van der Waals surface area (Å²) in [4.78, 5) is 30.5. The molecule has 4 radical (unpaired) electrons. The molecule has 11 aromatic carbocycles. The fraction of sp³-hybridized carbons (Fsp3) is 0.0561. The molecule has 0 bridgehead atoms. The topological polar surface area (TPSA) is 90.2 Å². The Morgan fingerprint density at radius 2 is 0.593 bits per heavy atom. The molecule has 7 heterocycles. The first-order valence-corrected chi connectivity index (χ1v) is 37.8. The van der Waals surface area contributed by atoms with E-state index in [9.17, 15) is 0 Å². The van der Waals surface area contributed by atoms with E-state index in [4.69, 9.17) is 0 Å². The molecule has 0 aliphatic heterocycles. The van der Waals surface area contributed by atoms with Gasteiger partial charge in [0.2, 0.25) is 0 Å². The first-order valence-electron chi connectivity index (χ1n) is 37.8. The molecule has 0 unspecified atom stereocenters. The molecular formula is C107H84Ir4N7-7. The summed E-state index contributed by atoms with van der Waals surface area (Å²) in [5.41, 5.74) is 28.6. The van der Waals surface area contributed by atoms with E-state index in [-0.39, 0.29) is 80.4 Å². The van der Waals surface area contributed by atoms with E-state index in [1.165, 1.54) is 61.2 Å². The minimum atomic E-state index is 0. The minimum absolute atomic E-state index is 0. The van der Waals surface area contributed by atoms with Crippen LogP contribution in [-0.2, 0) is 80.4 Å². The van der Waals surface area contributed by atoms with E-state index in [2.05, 4.69) is 251 Å². The molecule has 18 rings (SSSR count). The molecule has 118 heavy (non-hydrogen) atoms. The van der Waals surface area contributed by atoms with Crippen LogP contribution in [0.25, 0.3) is 123 Å². The number of aryl methyl sites for hydroxylation is 3. The Bertz CT molecular complexity index is 5380. The second-order valence-corrected chi connectivity index (χ2v) is 26.6. The van der Waals surface area contributed by atoms with Crippen molar-refractivity contribution < 1.29 is 80.4 Å². The third-order valence-corrected chi connectivity index (χ3v) is 17.9. The van der Waals surface area contributed by atoms with Crippen LogP contribution in [-0.4, -0.2) is 34.9 Å². The van der Waals surface area contributed by atoms with Crippen molar-refractivity contribution in [2.45, 2.75) is 40.5 Å². The van der Waals surface area contributed by atoms with Gasteiger partial charge in [-0.3, -0.25) is 0 Å². The van der Waals surface area contributed by atoms with Crippen LogP contribution in [0.2, 0.25) is 0 Å². The van der Waals surface area contributed by atoms with E-state index in [1.54, 1.807) is 31.0 Å². The van der Waals surface area contributed by atoms with Crippen LogP contribution in [0, 0.1) is 63.2 Å². The summed E-state index contributed by atoms with van der Waals surface area (Å²) in [5, 5.41) is 0. The number of rotatable bonds is 12. The van der Waals surface area contributed by atoms with Gasteiger partial charge in [0.25, 0.3) is 0 Å². The quantitative estimate of drug-likeness (QED) is 0.113. The monoisotopic (exact) mass is 2240 g/mol. The van der Waals surface area contributed by atoms with Crippen molar-refractivity contribution in [2.24, 2.45) is 0 Å². The summed E-state index contributed by atoms with van der Waals surface area (Å²) in [6.07, 6.45) is 12.8. The maximum atomic E-state index is 4.64. The van der Waals surface area contributed by atoms with Gasteiger partial charge < -0.3 is 34.9 Å². The SMILES string of the molecule is CC(C)c1ccnc(-c2[c-]ccc(-c3ccccc3)c2)c1.Cc1[c-]c(-c2cc(C)c(-c3ccccc3)cn2)cc(C)c1.[Ir].[Ir].[Ir].[Ir].[c-]1cc(-c2ccccc2)ccc1-c1ccccn1.[c-]1ccc(-c2ccccc2)cc1-c1ccccn1.[c-]1ccccc1-c1ccccn1.[c-]1ccccc1-c1ccccn1.[c-]1ccccc1-c1ccccn1. The molecule has 0 spiro atoms. The molecule has 7 nitrogen and oxygen atoms in total. The van der Waals surface area contributed by atoms with E-state index >= 15 is 0 Å². The Morgan fingerprint density at radius 3 is 0.958 bits per heavy atom. The van der Waals surface area contributed by atoms with Crippen molar-refractivity contribution in [3.8, 4) is 123 Å². The second-order valence-electron chi connectivity index (χ2n) is 26.6. The van der Waals surface area contributed by atoms with Crippen LogP contribution in [0.5, 0.6) is 0 Å². The Morgan fingerprint density at radius 1 is 0.237 bits per heavy atom. The van der Waals surface area contributed by atoms with Crippen LogP contribution in [0.3, 0.4) is 0 Å². The normalized spacial score (nSPS) is 9.88. The third kappa shape index (κ3) is 28.5. The summed E-state index contributed by atoms with van der Waals surface area (Å²) in [7, 11) is 0. The zero-order valence-corrected chi connectivity index (χ0v) is 75.4. The molecular weight excluding hydrogens is 2150 g/mol. The van der Waals surface area contributed by atoms with Crippen LogP contribution in [0.15, 0.2) is 413 Å². The number of aromatic nitrogens is 7. The van der Waals surface area contributed by atoms with Gasteiger partial charge in [-0.2, -0.15) is 0 Å². The van der Waals surface area contributed by atoms with Crippen molar-refractivity contribution in [1.29, 1.82) is 0 Å². The molecule has 0 atom stereocenters. The van der Waals surface area contributed by atoms with Gasteiger partial charge in [0.15, 0.2) is 0 Å². The van der Waals surface area contributed by atoms with E-state index in [1.807, 2.05) is 243 Å². The van der Waals surface area contributed by atoms with Gasteiger partial charge in [-0.05, 0) is 111 Å². The maximum Gasteiger partial charge on any atom is 0.0242 e. The minimum Gasteiger partial charge on any atom is -0.305 e. The Balaban J connectivity index is 0.000000173. The van der Waals surface area contributed by atoms with Gasteiger partial charge in [-0.25, -0.2) is 0 Å². The second kappa shape index (κ2) is 49.9. The zero-order chi connectivity index (χ0) is 78.6.